The summed E-state index contributed by atoms with van der Waals surface area (Å²) in [6.45, 7) is 8.40. The Morgan fingerprint density at radius 2 is 1.62 bits per heavy atom. The van der Waals surface area contributed by atoms with Gasteiger partial charge in [-0.2, -0.15) is 0 Å². The summed E-state index contributed by atoms with van der Waals surface area (Å²) in [6, 6.07) is 8.43. The summed E-state index contributed by atoms with van der Waals surface area (Å²) in [5.74, 6) is 1.54. The second-order valence-electron chi connectivity index (χ2n) is 6.27. The van der Waals surface area contributed by atoms with Crippen LogP contribution in [0.2, 0.25) is 0 Å². The van der Waals surface area contributed by atoms with Gasteiger partial charge < -0.3 is 9.64 Å². The van der Waals surface area contributed by atoms with Gasteiger partial charge in [0.25, 0.3) is 0 Å². The molecule has 4 rings (SSSR count). The van der Waals surface area contributed by atoms with E-state index in [4.69, 9.17) is 4.74 Å². The van der Waals surface area contributed by atoms with E-state index in [0.717, 1.165) is 28.6 Å². The van der Waals surface area contributed by atoms with Gasteiger partial charge in [0.15, 0.2) is 11.5 Å². The van der Waals surface area contributed by atoms with Crippen molar-refractivity contribution in [2.75, 3.05) is 4.90 Å². The molecule has 0 amide bonds. The minimum Gasteiger partial charge on any atom is -0.449 e. The maximum atomic E-state index is 6.10. The molecule has 4 heteroatoms. The van der Waals surface area contributed by atoms with Gasteiger partial charge in [-0.05, 0) is 51.0 Å². The second kappa shape index (κ2) is 5.34. The van der Waals surface area contributed by atoms with Crippen molar-refractivity contribution in [1.82, 2.24) is 9.97 Å². The lowest BCUT2D eigenvalue weighted by atomic mass is 10.0. The summed E-state index contributed by atoms with van der Waals surface area (Å²) in [6.07, 6.45) is 5.39. The van der Waals surface area contributed by atoms with Crippen molar-refractivity contribution in [3.05, 3.63) is 65.2 Å². The molecule has 0 fully saturated rings. The highest BCUT2D eigenvalue weighted by Gasteiger charge is 2.29. The maximum absolute atomic E-state index is 6.10. The van der Waals surface area contributed by atoms with E-state index in [9.17, 15) is 0 Å². The van der Waals surface area contributed by atoms with E-state index in [1.165, 1.54) is 22.4 Å². The highest BCUT2D eigenvalue weighted by atomic mass is 16.5. The Morgan fingerprint density at radius 1 is 0.917 bits per heavy atom. The molecular formula is C20H19N3O. The Bertz CT molecular complexity index is 926. The summed E-state index contributed by atoms with van der Waals surface area (Å²) in [4.78, 5) is 10.9. The number of hydrogen-bond donors (Lipinski definition) is 0. The van der Waals surface area contributed by atoms with Gasteiger partial charge in [-0.1, -0.05) is 17.7 Å². The smallest absolute Gasteiger partial charge is 0.172 e. The topological polar surface area (TPSA) is 38.2 Å². The molecule has 3 aromatic rings. The monoisotopic (exact) mass is 317 g/mol. The van der Waals surface area contributed by atoms with Crippen molar-refractivity contribution >= 4 is 17.1 Å². The van der Waals surface area contributed by atoms with Crippen molar-refractivity contribution in [1.29, 1.82) is 0 Å². The van der Waals surface area contributed by atoms with Gasteiger partial charge in [-0.15, -0.1) is 0 Å². The van der Waals surface area contributed by atoms with Crippen LogP contribution in [-0.4, -0.2) is 9.97 Å². The predicted molar refractivity (Wildman–Crippen MR) is 95.7 cm³/mol. The first-order chi connectivity index (χ1) is 11.6. The molecule has 1 aliphatic rings. The quantitative estimate of drug-likeness (QED) is 0.478. The van der Waals surface area contributed by atoms with Crippen LogP contribution in [0, 0.1) is 27.7 Å². The van der Waals surface area contributed by atoms with Crippen LogP contribution in [0.4, 0.5) is 17.1 Å². The van der Waals surface area contributed by atoms with E-state index in [2.05, 4.69) is 47.8 Å². The lowest BCUT2D eigenvalue weighted by Gasteiger charge is -2.34. The zero-order valence-corrected chi connectivity index (χ0v) is 14.3. The summed E-state index contributed by atoms with van der Waals surface area (Å²) in [5, 5.41) is 0. The standard InChI is InChI=1S/C20H19N3O/c1-12-9-13(2)19(14(3)10-12)23-16-5-7-21-11-18(16)24-20-15(4)22-8-6-17(20)23/h5-11H,1-4H3. The van der Waals surface area contributed by atoms with Gasteiger partial charge in [0.1, 0.15) is 0 Å². The Kier molecular flexibility index (Phi) is 3.27. The average molecular weight is 317 g/mol. The summed E-state index contributed by atoms with van der Waals surface area (Å²) >= 11 is 0. The molecule has 0 atom stereocenters. The second-order valence-corrected chi connectivity index (χ2v) is 6.27. The first kappa shape index (κ1) is 14.7. The first-order valence-electron chi connectivity index (χ1n) is 8.01. The number of fused-ring (bicyclic) bond motifs is 2. The minimum absolute atomic E-state index is 0.750. The molecule has 0 saturated carbocycles. The van der Waals surface area contributed by atoms with Gasteiger partial charge >= 0.3 is 0 Å². The number of pyridine rings is 2. The van der Waals surface area contributed by atoms with Crippen LogP contribution in [0.15, 0.2) is 42.9 Å². The number of hydrogen-bond acceptors (Lipinski definition) is 4. The van der Waals surface area contributed by atoms with Crippen molar-refractivity contribution in [2.45, 2.75) is 27.7 Å². The van der Waals surface area contributed by atoms with E-state index in [-0.39, 0.29) is 0 Å². The first-order valence-corrected chi connectivity index (χ1v) is 8.01. The fourth-order valence-corrected chi connectivity index (χ4v) is 3.48. The summed E-state index contributed by atoms with van der Waals surface area (Å²) in [7, 11) is 0. The molecule has 4 nitrogen and oxygen atoms in total. The molecule has 0 bridgehead atoms. The number of rotatable bonds is 1. The zero-order valence-electron chi connectivity index (χ0n) is 14.3. The summed E-state index contributed by atoms with van der Waals surface area (Å²) < 4.78 is 6.10. The molecule has 0 unspecified atom stereocenters. The number of benzene rings is 1. The van der Waals surface area contributed by atoms with Crippen LogP contribution in [0.1, 0.15) is 22.4 Å². The molecule has 0 spiro atoms. The van der Waals surface area contributed by atoms with E-state index in [1.807, 2.05) is 25.3 Å². The van der Waals surface area contributed by atoms with Gasteiger partial charge in [0.05, 0.1) is 29.0 Å². The lowest BCUT2D eigenvalue weighted by Crippen LogP contribution is -2.18. The molecule has 2 aromatic heterocycles. The molecule has 1 aliphatic heterocycles. The largest absolute Gasteiger partial charge is 0.449 e. The molecule has 120 valence electrons. The average Bonchev–Trinajstić information content (AvgIpc) is 2.54. The Hall–Kier alpha value is -2.88. The summed E-state index contributed by atoms with van der Waals surface area (Å²) in [5.41, 5.74) is 7.80. The predicted octanol–water partition coefficient (Wildman–Crippen LogP) is 5.29. The van der Waals surface area contributed by atoms with Crippen LogP contribution in [0.5, 0.6) is 11.5 Å². The van der Waals surface area contributed by atoms with Gasteiger partial charge in [-0.3, -0.25) is 9.97 Å². The molecule has 3 heterocycles. The Balaban J connectivity index is 2.05. The Morgan fingerprint density at radius 3 is 2.38 bits per heavy atom. The molecule has 0 radical (unpaired) electrons. The van der Waals surface area contributed by atoms with E-state index in [1.54, 1.807) is 12.4 Å². The number of nitrogens with zero attached hydrogens (tertiary/aromatic N) is 3. The van der Waals surface area contributed by atoms with Crippen LogP contribution in [0.3, 0.4) is 0 Å². The third kappa shape index (κ3) is 2.14. The van der Waals surface area contributed by atoms with E-state index < -0.39 is 0 Å². The van der Waals surface area contributed by atoms with Crippen LogP contribution in [0.25, 0.3) is 0 Å². The SMILES string of the molecule is Cc1cc(C)c(N2c3ccncc3Oc3c2ccnc3C)c(C)c1. The number of ether oxygens (including phenoxy) is 1. The van der Waals surface area contributed by atoms with Crippen molar-refractivity contribution in [3.8, 4) is 11.5 Å². The molecular weight excluding hydrogens is 298 g/mol. The van der Waals surface area contributed by atoms with E-state index in [0.29, 0.717) is 0 Å². The fourth-order valence-electron chi connectivity index (χ4n) is 3.48. The van der Waals surface area contributed by atoms with Crippen LogP contribution < -0.4 is 9.64 Å². The highest BCUT2D eigenvalue weighted by molar-refractivity contribution is 5.88. The number of aryl methyl sites for hydroxylation is 4. The molecule has 0 saturated heterocycles. The molecule has 1 aromatic carbocycles. The van der Waals surface area contributed by atoms with Crippen LogP contribution in [-0.2, 0) is 0 Å². The van der Waals surface area contributed by atoms with Gasteiger partial charge in [0, 0.05) is 12.4 Å². The fraction of sp³-hybridized carbons (Fsp3) is 0.200. The third-order valence-corrected chi connectivity index (χ3v) is 4.38. The van der Waals surface area contributed by atoms with Gasteiger partial charge in [-0.25, -0.2) is 0 Å². The molecule has 24 heavy (non-hydrogen) atoms. The lowest BCUT2D eigenvalue weighted by molar-refractivity contribution is 0.467. The third-order valence-electron chi connectivity index (χ3n) is 4.38. The van der Waals surface area contributed by atoms with E-state index >= 15 is 0 Å². The Labute approximate surface area is 141 Å². The van der Waals surface area contributed by atoms with Crippen LogP contribution >= 0.6 is 0 Å². The molecule has 0 aliphatic carbocycles. The number of aromatic nitrogens is 2. The van der Waals surface area contributed by atoms with Gasteiger partial charge in [0.2, 0.25) is 0 Å². The van der Waals surface area contributed by atoms with Crippen molar-refractivity contribution < 1.29 is 4.74 Å². The van der Waals surface area contributed by atoms with Crippen molar-refractivity contribution in [2.24, 2.45) is 0 Å². The minimum atomic E-state index is 0.750. The number of anilines is 3. The maximum Gasteiger partial charge on any atom is 0.172 e. The zero-order chi connectivity index (χ0) is 16.8. The highest BCUT2D eigenvalue weighted by Crippen LogP contribution is 2.51. The van der Waals surface area contributed by atoms with Crippen molar-refractivity contribution in [3.63, 3.8) is 0 Å². The molecule has 0 N–H and O–H groups in total. The normalized spacial score (nSPS) is 12.4.